The van der Waals surface area contributed by atoms with Gasteiger partial charge in [-0.25, -0.2) is 0 Å². The first kappa shape index (κ1) is 14.2. The van der Waals surface area contributed by atoms with Crippen LogP contribution in [0.25, 0.3) is 0 Å². The molecule has 2 nitrogen and oxygen atoms in total. The van der Waals surface area contributed by atoms with Crippen LogP contribution in [0.5, 0.6) is 0 Å². The van der Waals surface area contributed by atoms with Crippen molar-refractivity contribution < 1.29 is 5.11 Å². The molecule has 0 radical (unpaired) electrons. The minimum absolute atomic E-state index is 0.176. The predicted molar refractivity (Wildman–Crippen MR) is 74.0 cm³/mol. The van der Waals surface area contributed by atoms with Crippen LogP contribution >= 0.6 is 27.3 Å². The average Bonchev–Trinajstić information content (AvgIpc) is 2.65. The summed E-state index contributed by atoms with van der Waals surface area (Å²) in [6.45, 7) is 6.54. The Morgan fingerprint density at radius 2 is 2.25 bits per heavy atom. The van der Waals surface area contributed by atoms with E-state index in [1.54, 1.807) is 11.3 Å². The summed E-state index contributed by atoms with van der Waals surface area (Å²) in [5.74, 6) is 0. The molecule has 0 bridgehead atoms. The number of hydrogen-bond acceptors (Lipinski definition) is 3. The number of aliphatic hydroxyl groups is 1. The van der Waals surface area contributed by atoms with Crippen molar-refractivity contribution in [2.24, 2.45) is 0 Å². The second kappa shape index (κ2) is 6.15. The molecule has 16 heavy (non-hydrogen) atoms. The van der Waals surface area contributed by atoms with E-state index in [9.17, 15) is 5.11 Å². The van der Waals surface area contributed by atoms with E-state index in [1.807, 2.05) is 0 Å². The van der Waals surface area contributed by atoms with E-state index in [-0.39, 0.29) is 18.2 Å². The zero-order valence-corrected chi connectivity index (χ0v) is 12.5. The third-order valence-corrected chi connectivity index (χ3v) is 4.54. The molecule has 0 saturated carbocycles. The minimum atomic E-state index is -0.176. The van der Waals surface area contributed by atoms with Gasteiger partial charge < -0.3 is 10.4 Å². The Balaban J connectivity index is 2.65. The van der Waals surface area contributed by atoms with Gasteiger partial charge in [0.25, 0.3) is 0 Å². The number of thiophene rings is 1. The summed E-state index contributed by atoms with van der Waals surface area (Å²) < 4.78 is 1.15. The van der Waals surface area contributed by atoms with Crippen molar-refractivity contribution >= 4 is 27.3 Å². The Hall–Kier alpha value is 0.1000. The topological polar surface area (TPSA) is 32.3 Å². The van der Waals surface area contributed by atoms with E-state index in [2.05, 4.69) is 54.2 Å². The fourth-order valence-electron chi connectivity index (χ4n) is 1.90. The lowest BCUT2D eigenvalue weighted by Crippen LogP contribution is -2.46. The third-order valence-electron chi connectivity index (χ3n) is 2.74. The quantitative estimate of drug-likeness (QED) is 0.839. The summed E-state index contributed by atoms with van der Waals surface area (Å²) in [5, 5.41) is 13.0. The molecule has 0 aliphatic rings. The van der Waals surface area contributed by atoms with Crippen molar-refractivity contribution in [3.05, 3.63) is 20.8 Å². The molecule has 2 N–H and O–H groups in total. The number of rotatable bonds is 6. The Bertz CT molecular complexity index is 329. The molecule has 2 unspecified atom stereocenters. The summed E-state index contributed by atoms with van der Waals surface area (Å²) in [7, 11) is 0. The molecule has 0 spiro atoms. The maximum atomic E-state index is 9.45. The van der Waals surface area contributed by atoms with E-state index in [4.69, 9.17) is 0 Å². The highest BCUT2D eigenvalue weighted by molar-refractivity contribution is 9.11. The van der Waals surface area contributed by atoms with Gasteiger partial charge in [-0.05, 0) is 48.3 Å². The van der Waals surface area contributed by atoms with Crippen molar-refractivity contribution in [1.29, 1.82) is 0 Å². The van der Waals surface area contributed by atoms with Crippen molar-refractivity contribution in [1.82, 2.24) is 5.32 Å². The van der Waals surface area contributed by atoms with Crippen LogP contribution in [-0.2, 0) is 0 Å². The molecule has 1 aromatic rings. The standard InChI is InChI=1S/C12H20BrNOS/c1-4-7-12(3,8-15)14-9(2)10-5-6-11(13)16-10/h5-6,9,14-15H,4,7-8H2,1-3H3. The van der Waals surface area contributed by atoms with Crippen molar-refractivity contribution in [2.75, 3.05) is 6.61 Å². The van der Waals surface area contributed by atoms with Gasteiger partial charge in [0.15, 0.2) is 0 Å². The van der Waals surface area contributed by atoms with Gasteiger partial charge in [-0.1, -0.05) is 13.3 Å². The predicted octanol–water partition coefficient (Wildman–Crippen LogP) is 3.71. The van der Waals surface area contributed by atoms with Crippen molar-refractivity contribution in [2.45, 2.75) is 45.2 Å². The molecule has 0 aliphatic carbocycles. The number of nitrogens with one attached hydrogen (secondary N) is 1. The smallest absolute Gasteiger partial charge is 0.0701 e. The van der Waals surface area contributed by atoms with Gasteiger partial charge in [-0.3, -0.25) is 0 Å². The van der Waals surface area contributed by atoms with Crippen molar-refractivity contribution in [3.63, 3.8) is 0 Å². The molecule has 0 fully saturated rings. The molecular weight excluding hydrogens is 286 g/mol. The van der Waals surface area contributed by atoms with Crippen LogP contribution in [0.4, 0.5) is 0 Å². The lowest BCUT2D eigenvalue weighted by molar-refractivity contribution is 0.154. The Labute approximate surface area is 110 Å². The molecule has 1 rings (SSSR count). The highest BCUT2D eigenvalue weighted by Gasteiger charge is 2.24. The minimum Gasteiger partial charge on any atom is -0.394 e. The molecule has 1 heterocycles. The Kier molecular flexibility index (Phi) is 5.44. The summed E-state index contributed by atoms with van der Waals surface area (Å²) in [6.07, 6.45) is 2.06. The van der Waals surface area contributed by atoms with Gasteiger partial charge >= 0.3 is 0 Å². The van der Waals surface area contributed by atoms with Crippen molar-refractivity contribution in [3.8, 4) is 0 Å². The zero-order valence-electron chi connectivity index (χ0n) is 10.1. The van der Waals surface area contributed by atoms with Gasteiger partial charge in [0.1, 0.15) is 0 Å². The van der Waals surface area contributed by atoms with E-state index < -0.39 is 0 Å². The summed E-state index contributed by atoms with van der Waals surface area (Å²) in [6, 6.07) is 4.46. The molecule has 2 atom stereocenters. The second-order valence-corrected chi connectivity index (χ2v) is 6.97. The lowest BCUT2D eigenvalue weighted by atomic mass is 9.96. The van der Waals surface area contributed by atoms with E-state index in [1.165, 1.54) is 4.88 Å². The van der Waals surface area contributed by atoms with Crippen LogP contribution in [0.1, 0.15) is 44.5 Å². The molecule has 4 heteroatoms. The van der Waals surface area contributed by atoms with Crippen LogP contribution in [0.15, 0.2) is 15.9 Å². The maximum absolute atomic E-state index is 9.45. The van der Waals surface area contributed by atoms with Gasteiger partial charge in [-0.15, -0.1) is 11.3 Å². The highest BCUT2D eigenvalue weighted by Crippen LogP contribution is 2.28. The normalized spacial score (nSPS) is 17.1. The lowest BCUT2D eigenvalue weighted by Gasteiger charge is -2.31. The maximum Gasteiger partial charge on any atom is 0.0701 e. The number of hydrogen-bond donors (Lipinski definition) is 2. The highest BCUT2D eigenvalue weighted by atomic mass is 79.9. The third kappa shape index (κ3) is 3.84. The van der Waals surface area contributed by atoms with Crippen LogP contribution in [0, 0.1) is 0 Å². The molecule has 92 valence electrons. The summed E-state index contributed by atoms with van der Waals surface area (Å²) in [4.78, 5) is 1.29. The number of halogens is 1. The van der Waals surface area contributed by atoms with E-state index in [0.29, 0.717) is 0 Å². The van der Waals surface area contributed by atoms with Gasteiger partial charge in [-0.2, -0.15) is 0 Å². The average molecular weight is 306 g/mol. The Morgan fingerprint density at radius 1 is 1.56 bits per heavy atom. The molecule has 0 amide bonds. The van der Waals surface area contributed by atoms with Gasteiger partial charge in [0, 0.05) is 16.5 Å². The molecule has 1 aromatic heterocycles. The SMILES string of the molecule is CCCC(C)(CO)NC(C)c1ccc(Br)s1. The fourth-order valence-corrected chi connectivity index (χ4v) is 3.33. The van der Waals surface area contributed by atoms with Crippen LogP contribution in [0.3, 0.4) is 0 Å². The van der Waals surface area contributed by atoms with Crippen LogP contribution in [-0.4, -0.2) is 17.3 Å². The molecule has 0 aliphatic heterocycles. The second-order valence-electron chi connectivity index (χ2n) is 4.48. The number of aliphatic hydroxyl groups excluding tert-OH is 1. The Morgan fingerprint density at radius 3 is 2.69 bits per heavy atom. The van der Waals surface area contributed by atoms with Gasteiger partial charge in [0.2, 0.25) is 0 Å². The first-order valence-corrected chi connectivity index (χ1v) is 7.25. The summed E-state index contributed by atoms with van der Waals surface area (Å²) >= 11 is 5.21. The molecular formula is C12H20BrNOS. The molecule has 0 saturated heterocycles. The van der Waals surface area contributed by atoms with Gasteiger partial charge in [0.05, 0.1) is 10.4 Å². The van der Waals surface area contributed by atoms with E-state index >= 15 is 0 Å². The first-order chi connectivity index (χ1) is 7.50. The summed E-state index contributed by atoms with van der Waals surface area (Å²) in [5.41, 5.74) is -0.176. The monoisotopic (exact) mass is 305 g/mol. The first-order valence-electron chi connectivity index (χ1n) is 5.64. The fraction of sp³-hybridized carbons (Fsp3) is 0.667. The molecule has 0 aromatic carbocycles. The van der Waals surface area contributed by atoms with Crippen LogP contribution in [0.2, 0.25) is 0 Å². The van der Waals surface area contributed by atoms with E-state index in [0.717, 1.165) is 16.6 Å². The zero-order chi connectivity index (χ0) is 12.2. The van der Waals surface area contributed by atoms with Crippen LogP contribution < -0.4 is 5.32 Å². The largest absolute Gasteiger partial charge is 0.394 e.